The molecule has 6 heteroatoms. The van der Waals surface area contributed by atoms with E-state index in [1.54, 1.807) is 0 Å². The number of ether oxygens (including phenoxy) is 1. The molecular formula is C18H28N4O2. The molecular weight excluding hydrogens is 304 g/mol. The largest absolute Gasteiger partial charge is 0.379 e. The smallest absolute Gasteiger partial charge is 0.317 e. The van der Waals surface area contributed by atoms with E-state index in [9.17, 15) is 4.79 Å². The Bertz CT molecular complexity index is 531. The van der Waals surface area contributed by atoms with Gasteiger partial charge in [-0.3, -0.25) is 9.88 Å². The molecule has 1 aromatic rings. The third kappa shape index (κ3) is 4.05. The first-order valence-corrected chi connectivity index (χ1v) is 8.93. The fourth-order valence-electron chi connectivity index (χ4n) is 3.76. The van der Waals surface area contributed by atoms with Crippen LogP contribution in [0.15, 0.2) is 24.5 Å². The Morgan fingerprint density at radius 1 is 1.29 bits per heavy atom. The number of rotatable bonds is 4. The topological polar surface area (TPSA) is 57.7 Å². The Morgan fingerprint density at radius 3 is 2.67 bits per heavy atom. The molecule has 0 saturated carbocycles. The maximum absolute atomic E-state index is 12.6. The molecule has 0 radical (unpaired) electrons. The van der Waals surface area contributed by atoms with Crippen LogP contribution in [0.25, 0.3) is 0 Å². The molecule has 2 aliphatic rings. The Hall–Kier alpha value is -1.66. The van der Waals surface area contributed by atoms with Crippen molar-refractivity contribution in [3.05, 3.63) is 30.1 Å². The van der Waals surface area contributed by atoms with Gasteiger partial charge in [-0.2, -0.15) is 0 Å². The lowest BCUT2D eigenvalue weighted by atomic mass is 9.99. The van der Waals surface area contributed by atoms with Gasteiger partial charge in [0.2, 0.25) is 0 Å². The maximum Gasteiger partial charge on any atom is 0.317 e. The number of carbonyl (C=O) groups excluding carboxylic acids is 1. The summed E-state index contributed by atoms with van der Waals surface area (Å²) < 4.78 is 5.50. The van der Waals surface area contributed by atoms with E-state index < -0.39 is 0 Å². The lowest BCUT2D eigenvalue weighted by Crippen LogP contribution is -2.53. The monoisotopic (exact) mass is 332 g/mol. The van der Waals surface area contributed by atoms with Crippen LogP contribution in [0.1, 0.15) is 25.8 Å². The van der Waals surface area contributed by atoms with Crippen LogP contribution in [0.4, 0.5) is 4.79 Å². The number of aromatic nitrogens is 1. The molecule has 2 atom stereocenters. The number of hydrogen-bond acceptors (Lipinski definition) is 4. The summed E-state index contributed by atoms with van der Waals surface area (Å²) in [6.45, 7) is 8.31. The predicted octanol–water partition coefficient (Wildman–Crippen LogP) is 1.52. The fraction of sp³-hybridized carbons (Fsp3) is 0.667. The summed E-state index contributed by atoms with van der Waals surface area (Å²) in [5.74, 6) is 0. The minimum absolute atomic E-state index is 0.0554. The van der Waals surface area contributed by atoms with Gasteiger partial charge < -0.3 is 15.0 Å². The standard InChI is InChI=1S/C18H28N4O2/c1-14(2)20-18(23)22-8-5-16(21-9-11-24-12-10-21)17(22)13-15-3-6-19-7-4-15/h3-4,6-7,14,16-17H,5,8-13H2,1-2H3,(H,20,23)/t16-,17+/m1/s1. The quantitative estimate of drug-likeness (QED) is 0.908. The zero-order valence-corrected chi connectivity index (χ0v) is 14.6. The average molecular weight is 332 g/mol. The normalized spacial score (nSPS) is 25.2. The third-order valence-corrected chi connectivity index (χ3v) is 4.89. The van der Waals surface area contributed by atoms with E-state index >= 15 is 0 Å². The molecule has 0 aliphatic carbocycles. The number of morpholine rings is 1. The summed E-state index contributed by atoms with van der Waals surface area (Å²) in [5, 5.41) is 3.06. The maximum atomic E-state index is 12.6. The van der Waals surface area contributed by atoms with Gasteiger partial charge in [-0.15, -0.1) is 0 Å². The summed E-state index contributed by atoms with van der Waals surface area (Å²) >= 11 is 0. The number of amides is 2. The summed E-state index contributed by atoms with van der Waals surface area (Å²) in [5.41, 5.74) is 1.23. The van der Waals surface area contributed by atoms with E-state index in [2.05, 4.69) is 15.2 Å². The highest BCUT2D eigenvalue weighted by atomic mass is 16.5. The second kappa shape index (κ2) is 7.94. The number of nitrogens with zero attached hydrogens (tertiary/aromatic N) is 3. The van der Waals surface area contributed by atoms with Gasteiger partial charge in [0.1, 0.15) is 0 Å². The zero-order valence-electron chi connectivity index (χ0n) is 14.6. The molecule has 3 heterocycles. The van der Waals surface area contributed by atoms with E-state index in [4.69, 9.17) is 4.74 Å². The van der Waals surface area contributed by atoms with Crippen molar-refractivity contribution in [3.8, 4) is 0 Å². The van der Waals surface area contributed by atoms with Gasteiger partial charge in [0.25, 0.3) is 0 Å². The second-order valence-electron chi connectivity index (χ2n) is 6.93. The van der Waals surface area contributed by atoms with Gasteiger partial charge in [0.05, 0.1) is 19.3 Å². The lowest BCUT2D eigenvalue weighted by Gasteiger charge is -2.37. The molecule has 1 N–H and O–H groups in total. The minimum atomic E-state index is 0.0554. The van der Waals surface area contributed by atoms with Gasteiger partial charge in [0, 0.05) is 44.1 Å². The first-order chi connectivity index (χ1) is 11.6. The van der Waals surface area contributed by atoms with Crippen LogP contribution < -0.4 is 5.32 Å². The molecule has 6 nitrogen and oxygen atoms in total. The number of carbonyl (C=O) groups is 1. The van der Waals surface area contributed by atoms with Crippen molar-refractivity contribution in [1.29, 1.82) is 0 Å². The SMILES string of the molecule is CC(C)NC(=O)N1CC[C@@H](N2CCOCC2)[C@@H]1Cc1ccncc1. The van der Waals surface area contributed by atoms with Crippen molar-refractivity contribution in [3.63, 3.8) is 0 Å². The molecule has 0 unspecified atom stereocenters. The highest BCUT2D eigenvalue weighted by Gasteiger charge is 2.40. The molecule has 2 saturated heterocycles. The number of pyridine rings is 1. The van der Waals surface area contributed by atoms with Crippen LogP contribution in [-0.4, -0.2) is 71.8 Å². The van der Waals surface area contributed by atoms with Gasteiger partial charge in [0.15, 0.2) is 0 Å². The van der Waals surface area contributed by atoms with Crippen molar-refractivity contribution < 1.29 is 9.53 Å². The Labute approximate surface area is 144 Å². The molecule has 0 bridgehead atoms. The van der Waals surface area contributed by atoms with Crippen LogP contribution in [0.2, 0.25) is 0 Å². The molecule has 24 heavy (non-hydrogen) atoms. The number of likely N-dealkylation sites (tertiary alicyclic amines) is 1. The van der Waals surface area contributed by atoms with E-state index in [-0.39, 0.29) is 18.1 Å². The zero-order chi connectivity index (χ0) is 16.9. The van der Waals surface area contributed by atoms with Crippen molar-refractivity contribution in [1.82, 2.24) is 20.1 Å². The Kier molecular flexibility index (Phi) is 5.68. The molecule has 0 aromatic carbocycles. The summed E-state index contributed by atoms with van der Waals surface area (Å²) in [6, 6.07) is 4.91. The summed E-state index contributed by atoms with van der Waals surface area (Å²) in [4.78, 5) is 21.3. The van der Waals surface area contributed by atoms with Crippen LogP contribution in [0.5, 0.6) is 0 Å². The van der Waals surface area contributed by atoms with Crippen LogP contribution in [0.3, 0.4) is 0 Å². The summed E-state index contributed by atoms with van der Waals surface area (Å²) in [6.07, 6.45) is 5.55. The third-order valence-electron chi connectivity index (χ3n) is 4.89. The second-order valence-corrected chi connectivity index (χ2v) is 6.93. The molecule has 3 rings (SSSR count). The highest BCUT2D eigenvalue weighted by Crippen LogP contribution is 2.27. The van der Waals surface area contributed by atoms with Crippen molar-refractivity contribution >= 4 is 6.03 Å². The van der Waals surface area contributed by atoms with Crippen molar-refractivity contribution in [2.45, 2.75) is 44.8 Å². The number of nitrogens with one attached hydrogen (secondary N) is 1. The van der Waals surface area contributed by atoms with Crippen LogP contribution in [-0.2, 0) is 11.2 Å². The van der Waals surface area contributed by atoms with Crippen molar-refractivity contribution in [2.24, 2.45) is 0 Å². The lowest BCUT2D eigenvalue weighted by molar-refractivity contribution is 0.0102. The van der Waals surface area contributed by atoms with E-state index in [1.807, 2.05) is 43.3 Å². The van der Waals surface area contributed by atoms with E-state index in [0.29, 0.717) is 6.04 Å². The van der Waals surface area contributed by atoms with Crippen LogP contribution >= 0.6 is 0 Å². The van der Waals surface area contributed by atoms with Gasteiger partial charge in [-0.1, -0.05) is 0 Å². The van der Waals surface area contributed by atoms with Gasteiger partial charge >= 0.3 is 6.03 Å². The molecule has 2 amide bonds. The van der Waals surface area contributed by atoms with Crippen LogP contribution in [0, 0.1) is 0 Å². The van der Waals surface area contributed by atoms with Gasteiger partial charge in [-0.25, -0.2) is 4.79 Å². The van der Waals surface area contributed by atoms with Gasteiger partial charge in [-0.05, 0) is 44.4 Å². The predicted molar refractivity (Wildman–Crippen MR) is 92.9 cm³/mol. The average Bonchev–Trinajstić information content (AvgIpc) is 2.99. The van der Waals surface area contributed by atoms with Crippen molar-refractivity contribution in [2.75, 3.05) is 32.8 Å². The highest BCUT2D eigenvalue weighted by molar-refractivity contribution is 5.75. The first-order valence-electron chi connectivity index (χ1n) is 8.93. The summed E-state index contributed by atoms with van der Waals surface area (Å²) in [7, 11) is 0. The molecule has 2 fully saturated rings. The molecule has 1 aromatic heterocycles. The fourth-order valence-corrected chi connectivity index (χ4v) is 3.76. The molecule has 132 valence electrons. The Balaban J connectivity index is 1.76. The Morgan fingerprint density at radius 2 is 2.00 bits per heavy atom. The molecule has 0 spiro atoms. The minimum Gasteiger partial charge on any atom is -0.379 e. The number of urea groups is 1. The number of hydrogen-bond donors (Lipinski definition) is 1. The first kappa shape index (κ1) is 17.2. The van der Waals surface area contributed by atoms with E-state index in [1.165, 1.54) is 5.56 Å². The van der Waals surface area contributed by atoms with E-state index in [0.717, 1.165) is 45.7 Å². The molecule has 2 aliphatic heterocycles.